The van der Waals surface area contributed by atoms with Crippen LogP contribution < -0.4 is 20.1 Å². The fraction of sp³-hybridized carbons (Fsp3) is 0.303. The molecular weight excluding hydrogens is 619 g/mol. The number of hydrogen-bond donors (Lipinski definition) is 2. The maximum Gasteiger partial charge on any atom is 0.214 e. The number of benzene rings is 3. The van der Waals surface area contributed by atoms with E-state index in [1.807, 2.05) is 38.1 Å². The lowest BCUT2D eigenvalue weighted by Gasteiger charge is -2.31. The zero-order valence-electron chi connectivity index (χ0n) is 25.1. The summed E-state index contributed by atoms with van der Waals surface area (Å²) in [6.45, 7) is 4.67. The van der Waals surface area contributed by atoms with Gasteiger partial charge >= 0.3 is 0 Å². The van der Waals surface area contributed by atoms with Crippen molar-refractivity contribution < 1.29 is 27.0 Å². The molecule has 1 aliphatic heterocycles. The van der Waals surface area contributed by atoms with Crippen LogP contribution in [0.1, 0.15) is 37.8 Å². The molecule has 3 aromatic carbocycles. The van der Waals surface area contributed by atoms with Crippen molar-refractivity contribution >= 4 is 49.2 Å². The fourth-order valence-electron chi connectivity index (χ4n) is 5.22. The summed E-state index contributed by atoms with van der Waals surface area (Å²) in [6, 6.07) is 15.3. The first-order valence-electron chi connectivity index (χ1n) is 14.4. The van der Waals surface area contributed by atoms with Gasteiger partial charge in [0.15, 0.2) is 0 Å². The Hall–Kier alpha value is -4.19. The van der Waals surface area contributed by atoms with E-state index < -0.39 is 15.9 Å². The second kappa shape index (κ2) is 14.3. The number of hydrogen-bond acceptors (Lipinski definition) is 9. The maximum atomic E-state index is 13.5. The molecule has 12 heteroatoms. The summed E-state index contributed by atoms with van der Waals surface area (Å²) in [5.74, 6) is 1.23. The van der Waals surface area contributed by atoms with Gasteiger partial charge < -0.3 is 24.8 Å². The lowest BCUT2D eigenvalue weighted by Crippen LogP contribution is -2.34. The molecule has 0 saturated heterocycles. The summed E-state index contributed by atoms with van der Waals surface area (Å²) in [5.41, 5.74) is 2.13. The number of fused-ring (bicyclic) bond motifs is 1. The molecule has 0 spiro atoms. The van der Waals surface area contributed by atoms with E-state index in [-0.39, 0.29) is 24.9 Å². The van der Waals surface area contributed by atoms with Gasteiger partial charge in [0.05, 0.1) is 28.8 Å². The van der Waals surface area contributed by atoms with Crippen molar-refractivity contribution in [3.8, 4) is 11.5 Å². The van der Waals surface area contributed by atoms with Crippen LogP contribution in [0.4, 0.5) is 15.9 Å². The summed E-state index contributed by atoms with van der Waals surface area (Å²) in [5, 5.41) is 7.73. The van der Waals surface area contributed by atoms with Crippen LogP contribution in [0.15, 0.2) is 73.3 Å². The van der Waals surface area contributed by atoms with Crippen LogP contribution in [0.5, 0.6) is 11.5 Å². The largest absolute Gasteiger partial charge is 0.496 e. The van der Waals surface area contributed by atoms with Gasteiger partial charge in [-0.25, -0.2) is 14.4 Å². The SMILES string of the molecule is COc1cc2ncnc(Nc3ccc(OCc4cccc(F)c4)c(Cl)c3)c2cc1C1(CCNCC(C(C)C)=S(=O)=O)CC=CO1. The van der Waals surface area contributed by atoms with Crippen LogP contribution in [0.3, 0.4) is 0 Å². The quantitative estimate of drug-likeness (QED) is 0.122. The molecule has 1 atom stereocenters. The van der Waals surface area contributed by atoms with Gasteiger partial charge in [0.2, 0.25) is 10.3 Å². The zero-order chi connectivity index (χ0) is 32.0. The first kappa shape index (κ1) is 32.2. The summed E-state index contributed by atoms with van der Waals surface area (Å²) < 4.78 is 54.6. The Kier molecular flexibility index (Phi) is 10.2. The number of aromatic nitrogens is 2. The molecule has 2 heterocycles. The Balaban J connectivity index is 1.38. The third-order valence-electron chi connectivity index (χ3n) is 7.63. The van der Waals surface area contributed by atoms with Crippen LogP contribution in [0.2, 0.25) is 5.02 Å². The van der Waals surface area contributed by atoms with Crippen molar-refractivity contribution in [2.45, 2.75) is 38.9 Å². The summed E-state index contributed by atoms with van der Waals surface area (Å²) in [7, 11) is -0.643. The van der Waals surface area contributed by atoms with E-state index in [9.17, 15) is 12.8 Å². The minimum absolute atomic E-state index is 0.0838. The number of nitrogens with one attached hydrogen (secondary N) is 2. The second-order valence-corrected chi connectivity index (χ2v) is 12.4. The maximum absolute atomic E-state index is 13.5. The first-order chi connectivity index (χ1) is 21.7. The topological polar surface area (TPSA) is 112 Å². The van der Waals surface area contributed by atoms with Crippen molar-refractivity contribution in [3.05, 3.63) is 95.2 Å². The predicted octanol–water partition coefficient (Wildman–Crippen LogP) is 6.57. The van der Waals surface area contributed by atoms with Gasteiger partial charge in [-0.05, 0) is 60.5 Å². The van der Waals surface area contributed by atoms with Gasteiger partial charge in [-0.2, -0.15) is 8.42 Å². The number of methoxy groups -OCH3 is 1. The molecule has 45 heavy (non-hydrogen) atoms. The minimum Gasteiger partial charge on any atom is -0.496 e. The first-order valence-corrected chi connectivity index (χ1v) is 15.9. The fourth-order valence-corrected chi connectivity index (χ4v) is 6.06. The lowest BCUT2D eigenvalue weighted by atomic mass is 9.86. The molecule has 2 N–H and O–H groups in total. The van der Waals surface area contributed by atoms with Gasteiger partial charge in [-0.15, -0.1) is 0 Å². The van der Waals surface area contributed by atoms with Crippen LogP contribution in [-0.4, -0.2) is 43.4 Å². The molecule has 0 aliphatic carbocycles. The molecule has 4 aromatic rings. The highest BCUT2D eigenvalue weighted by atomic mass is 35.5. The Morgan fingerprint density at radius 2 is 1.98 bits per heavy atom. The number of nitrogens with zero attached hydrogens (tertiary/aromatic N) is 2. The van der Waals surface area contributed by atoms with Crippen LogP contribution in [0, 0.1) is 11.7 Å². The van der Waals surface area contributed by atoms with E-state index in [4.69, 9.17) is 25.8 Å². The van der Waals surface area contributed by atoms with Crippen LogP contribution in [-0.2, 0) is 27.2 Å². The van der Waals surface area contributed by atoms with E-state index in [1.54, 1.807) is 37.6 Å². The van der Waals surface area contributed by atoms with Crippen molar-refractivity contribution in [1.29, 1.82) is 0 Å². The minimum atomic E-state index is -2.25. The molecule has 1 aliphatic rings. The van der Waals surface area contributed by atoms with Crippen LogP contribution >= 0.6 is 11.6 Å². The Morgan fingerprint density at radius 3 is 2.67 bits per heavy atom. The highest BCUT2D eigenvalue weighted by Crippen LogP contribution is 2.44. The van der Waals surface area contributed by atoms with Crippen molar-refractivity contribution in [3.63, 3.8) is 0 Å². The Bertz CT molecular complexity index is 1850. The van der Waals surface area contributed by atoms with E-state index in [2.05, 4.69) is 20.6 Å². The van der Waals surface area contributed by atoms with E-state index in [1.165, 1.54) is 18.5 Å². The molecule has 0 saturated carbocycles. The molecule has 5 rings (SSSR count). The monoisotopic (exact) mass is 652 g/mol. The Morgan fingerprint density at radius 1 is 1.13 bits per heavy atom. The number of ether oxygens (including phenoxy) is 3. The molecular formula is C33H34ClFN4O5S. The third kappa shape index (κ3) is 7.55. The van der Waals surface area contributed by atoms with Gasteiger partial charge in [0.1, 0.15) is 41.7 Å². The second-order valence-electron chi connectivity index (χ2n) is 11.0. The smallest absolute Gasteiger partial charge is 0.214 e. The third-order valence-corrected chi connectivity index (χ3v) is 8.97. The van der Waals surface area contributed by atoms with E-state index in [0.29, 0.717) is 63.4 Å². The molecule has 0 amide bonds. The van der Waals surface area contributed by atoms with Crippen molar-refractivity contribution in [2.24, 2.45) is 5.92 Å². The van der Waals surface area contributed by atoms with Crippen molar-refractivity contribution in [1.82, 2.24) is 15.3 Å². The van der Waals surface area contributed by atoms with E-state index in [0.717, 1.165) is 10.9 Å². The van der Waals surface area contributed by atoms with Gasteiger partial charge in [0, 0.05) is 42.1 Å². The molecule has 236 valence electrons. The number of halogens is 2. The molecule has 0 radical (unpaired) electrons. The van der Waals surface area contributed by atoms with Crippen molar-refractivity contribution in [2.75, 3.05) is 25.5 Å². The molecule has 1 unspecified atom stereocenters. The summed E-state index contributed by atoms with van der Waals surface area (Å²) in [4.78, 5) is 9.40. The summed E-state index contributed by atoms with van der Waals surface area (Å²) >= 11 is 6.54. The zero-order valence-corrected chi connectivity index (χ0v) is 26.7. The highest BCUT2D eigenvalue weighted by Gasteiger charge is 2.38. The predicted molar refractivity (Wildman–Crippen MR) is 174 cm³/mol. The van der Waals surface area contributed by atoms with Gasteiger partial charge in [0.25, 0.3) is 0 Å². The van der Waals surface area contributed by atoms with Gasteiger partial charge in [-0.3, -0.25) is 0 Å². The standard InChI is InChI=1S/C33H34ClFN4O5S/c1-21(2)31(45(40)41)18-36-12-11-33(10-5-13-44-33)26-16-25-28(17-30(26)42-3)37-20-38-32(25)39-24-8-9-29(27(34)15-24)43-19-22-6-4-7-23(35)14-22/h4-9,13-17,20-21,36H,10-12,18-19H2,1-3H3,(H,37,38,39). The number of anilines is 2. The normalized spacial score (nSPS) is 15.7. The molecule has 0 bridgehead atoms. The molecule has 9 nitrogen and oxygen atoms in total. The molecule has 0 fully saturated rings. The Labute approximate surface area is 267 Å². The summed E-state index contributed by atoms with van der Waals surface area (Å²) in [6.07, 6.45) is 6.28. The average Bonchev–Trinajstić information content (AvgIpc) is 3.49. The number of rotatable bonds is 13. The lowest BCUT2D eigenvalue weighted by molar-refractivity contribution is 0.0308. The average molecular weight is 653 g/mol. The van der Waals surface area contributed by atoms with E-state index >= 15 is 0 Å². The van der Waals surface area contributed by atoms with Gasteiger partial charge in [-0.1, -0.05) is 37.6 Å². The van der Waals surface area contributed by atoms with Crippen LogP contribution in [0.25, 0.3) is 10.9 Å². The molecule has 1 aromatic heterocycles. The highest BCUT2D eigenvalue weighted by molar-refractivity contribution is 7.73.